The van der Waals surface area contributed by atoms with Crippen LogP contribution in [-0.4, -0.2) is 22.3 Å². The van der Waals surface area contributed by atoms with Crippen molar-refractivity contribution in [1.29, 1.82) is 0 Å². The zero-order valence-electron chi connectivity index (χ0n) is 7.63. The van der Waals surface area contributed by atoms with Crippen LogP contribution in [0.2, 0.25) is 0 Å². The Morgan fingerprint density at radius 2 is 2.33 bits per heavy atom. The summed E-state index contributed by atoms with van der Waals surface area (Å²) in [5.74, 6) is 0.349. The standard InChI is InChI=1S/C9H14N2O/c1-6-4-3-5-8-7(2)9(12)10-11(6)8/h7-8H,3-5H2,1-2H3/p+1/t7-,8+/m0/s1. The number of hydrazone groups is 1. The third-order valence-corrected chi connectivity index (χ3v) is 3.00. The molecule has 2 aliphatic rings. The molecule has 0 spiro atoms. The molecule has 1 saturated heterocycles. The van der Waals surface area contributed by atoms with Crippen molar-refractivity contribution in [3.63, 3.8) is 0 Å². The SMILES string of the molecule is CC1=[N+]2NC(=O)[C@@H](C)[C@H]2CCC1. The van der Waals surface area contributed by atoms with Gasteiger partial charge in [-0.05, 0) is 13.3 Å². The van der Waals surface area contributed by atoms with E-state index in [9.17, 15) is 4.79 Å². The molecular weight excluding hydrogens is 152 g/mol. The molecule has 3 heteroatoms. The average molecular weight is 167 g/mol. The third-order valence-electron chi connectivity index (χ3n) is 3.00. The first-order valence-corrected chi connectivity index (χ1v) is 4.62. The van der Waals surface area contributed by atoms with E-state index in [2.05, 4.69) is 17.0 Å². The summed E-state index contributed by atoms with van der Waals surface area (Å²) in [5, 5.41) is 0. The van der Waals surface area contributed by atoms with Crippen LogP contribution in [0.15, 0.2) is 0 Å². The quantitative estimate of drug-likeness (QED) is 0.529. The molecular formula is C9H15N2O+. The van der Waals surface area contributed by atoms with Crippen LogP contribution in [-0.2, 0) is 4.79 Å². The highest BCUT2D eigenvalue weighted by Gasteiger charge is 2.44. The Morgan fingerprint density at radius 1 is 1.58 bits per heavy atom. The highest BCUT2D eigenvalue weighted by atomic mass is 16.2. The zero-order valence-corrected chi connectivity index (χ0v) is 7.63. The Morgan fingerprint density at radius 3 is 3.00 bits per heavy atom. The molecule has 0 aromatic heterocycles. The fraction of sp³-hybridized carbons (Fsp3) is 0.778. The zero-order chi connectivity index (χ0) is 8.72. The number of hydrogen-bond donors (Lipinski definition) is 1. The smallest absolute Gasteiger partial charge is 0.269 e. The molecule has 1 N–H and O–H groups in total. The van der Waals surface area contributed by atoms with Gasteiger partial charge in [-0.2, -0.15) is 0 Å². The first-order chi connectivity index (χ1) is 5.70. The van der Waals surface area contributed by atoms with E-state index in [4.69, 9.17) is 0 Å². The van der Waals surface area contributed by atoms with Gasteiger partial charge < -0.3 is 0 Å². The minimum absolute atomic E-state index is 0.167. The molecule has 0 aliphatic carbocycles. The molecule has 2 atom stereocenters. The van der Waals surface area contributed by atoms with Crippen LogP contribution < -0.4 is 5.43 Å². The Bertz CT molecular complexity index is 257. The molecule has 0 radical (unpaired) electrons. The Balaban J connectivity index is 2.34. The van der Waals surface area contributed by atoms with Gasteiger partial charge in [0.05, 0.1) is 0 Å². The highest BCUT2D eigenvalue weighted by Crippen LogP contribution is 2.23. The number of nitrogens with one attached hydrogen (secondary N) is 1. The summed E-state index contributed by atoms with van der Waals surface area (Å²) in [6, 6.07) is 0.422. The second-order valence-corrected chi connectivity index (χ2v) is 3.83. The Hall–Kier alpha value is -0.860. The number of carbonyl (C=O) groups is 1. The summed E-state index contributed by atoms with van der Waals surface area (Å²) in [6.45, 7) is 4.11. The summed E-state index contributed by atoms with van der Waals surface area (Å²) in [6.07, 6.45) is 3.51. The number of carbonyl (C=O) groups excluding carboxylic acids is 1. The molecule has 0 aromatic rings. The summed E-state index contributed by atoms with van der Waals surface area (Å²) < 4.78 is 2.07. The minimum Gasteiger partial charge on any atom is -0.269 e. The van der Waals surface area contributed by atoms with E-state index in [0.29, 0.717) is 6.04 Å². The average Bonchev–Trinajstić information content (AvgIpc) is 2.32. The molecule has 66 valence electrons. The van der Waals surface area contributed by atoms with Gasteiger partial charge >= 0.3 is 0 Å². The molecule has 3 nitrogen and oxygen atoms in total. The number of amides is 1. The van der Waals surface area contributed by atoms with E-state index in [1.807, 2.05) is 6.92 Å². The number of hydrazine groups is 1. The fourth-order valence-electron chi connectivity index (χ4n) is 2.15. The van der Waals surface area contributed by atoms with Crippen LogP contribution in [0.1, 0.15) is 33.1 Å². The number of rotatable bonds is 0. The van der Waals surface area contributed by atoms with E-state index < -0.39 is 0 Å². The molecule has 12 heavy (non-hydrogen) atoms. The van der Waals surface area contributed by atoms with Crippen LogP contribution in [0.4, 0.5) is 0 Å². The van der Waals surface area contributed by atoms with Crippen molar-refractivity contribution in [2.24, 2.45) is 5.92 Å². The van der Waals surface area contributed by atoms with Crippen LogP contribution in [0, 0.1) is 5.92 Å². The minimum atomic E-state index is 0.167. The van der Waals surface area contributed by atoms with Gasteiger partial charge in [-0.15, -0.1) is 10.1 Å². The van der Waals surface area contributed by atoms with Crippen LogP contribution in [0.25, 0.3) is 0 Å². The van der Waals surface area contributed by atoms with E-state index in [0.717, 1.165) is 12.8 Å². The maximum absolute atomic E-state index is 11.3. The number of nitrogens with zero attached hydrogens (tertiary/aromatic N) is 1. The molecule has 1 amide bonds. The normalized spacial score (nSPS) is 35.0. The predicted molar refractivity (Wildman–Crippen MR) is 45.9 cm³/mol. The topological polar surface area (TPSA) is 32.1 Å². The van der Waals surface area contributed by atoms with E-state index >= 15 is 0 Å². The molecule has 0 unspecified atom stereocenters. The Labute approximate surface area is 72.4 Å². The van der Waals surface area contributed by atoms with E-state index in [1.54, 1.807) is 0 Å². The number of fused-ring (bicyclic) bond motifs is 1. The lowest BCUT2D eigenvalue weighted by atomic mass is 9.94. The largest absolute Gasteiger partial charge is 0.283 e. The maximum Gasteiger partial charge on any atom is 0.283 e. The van der Waals surface area contributed by atoms with Crippen molar-refractivity contribution in [3.8, 4) is 0 Å². The van der Waals surface area contributed by atoms with Gasteiger partial charge in [0.15, 0.2) is 11.8 Å². The van der Waals surface area contributed by atoms with Crippen molar-refractivity contribution in [3.05, 3.63) is 0 Å². The van der Waals surface area contributed by atoms with Gasteiger partial charge in [0, 0.05) is 19.8 Å². The molecule has 2 aliphatic heterocycles. The fourth-order valence-corrected chi connectivity index (χ4v) is 2.15. The van der Waals surface area contributed by atoms with Crippen molar-refractivity contribution in [2.45, 2.75) is 39.2 Å². The van der Waals surface area contributed by atoms with Crippen molar-refractivity contribution in [1.82, 2.24) is 5.43 Å². The molecule has 0 saturated carbocycles. The molecule has 2 rings (SSSR count). The summed E-state index contributed by atoms with van der Waals surface area (Å²) in [4.78, 5) is 11.3. The summed E-state index contributed by atoms with van der Waals surface area (Å²) in [7, 11) is 0. The molecule has 1 fully saturated rings. The van der Waals surface area contributed by atoms with Crippen LogP contribution in [0.3, 0.4) is 0 Å². The van der Waals surface area contributed by atoms with Gasteiger partial charge in [-0.1, -0.05) is 0 Å². The van der Waals surface area contributed by atoms with Crippen molar-refractivity contribution >= 4 is 11.6 Å². The van der Waals surface area contributed by atoms with Gasteiger partial charge in [-0.25, -0.2) is 0 Å². The monoisotopic (exact) mass is 167 g/mol. The summed E-state index contributed by atoms with van der Waals surface area (Å²) in [5.41, 5.74) is 4.22. The highest BCUT2D eigenvalue weighted by molar-refractivity contribution is 5.83. The third kappa shape index (κ3) is 0.958. The first kappa shape index (κ1) is 7.77. The van der Waals surface area contributed by atoms with Crippen molar-refractivity contribution < 1.29 is 9.48 Å². The second-order valence-electron chi connectivity index (χ2n) is 3.83. The molecule has 0 bridgehead atoms. The van der Waals surface area contributed by atoms with Gasteiger partial charge in [-0.3, -0.25) is 4.79 Å². The molecule has 2 heterocycles. The van der Waals surface area contributed by atoms with Crippen LogP contribution >= 0.6 is 0 Å². The van der Waals surface area contributed by atoms with Gasteiger partial charge in [0.25, 0.3) is 5.91 Å². The van der Waals surface area contributed by atoms with E-state index in [1.165, 1.54) is 12.1 Å². The lowest BCUT2D eigenvalue weighted by Crippen LogP contribution is -2.36. The first-order valence-electron chi connectivity index (χ1n) is 4.62. The lowest BCUT2D eigenvalue weighted by molar-refractivity contribution is -0.602. The van der Waals surface area contributed by atoms with Crippen molar-refractivity contribution in [2.75, 3.05) is 0 Å². The van der Waals surface area contributed by atoms with Gasteiger partial charge in [0.1, 0.15) is 5.92 Å². The van der Waals surface area contributed by atoms with Crippen LogP contribution in [0.5, 0.6) is 0 Å². The maximum atomic E-state index is 11.3. The molecule has 0 aromatic carbocycles. The number of hydrogen-bond acceptors (Lipinski definition) is 1. The lowest BCUT2D eigenvalue weighted by Gasteiger charge is -2.14. The van der Waals surface area contributed by atoms with Gasteiger partial charge in [0.2, 0.25) is 0 Å². The van der Waals surface area contributed by atoms with E-state index in [-0.39, 0.29) is 11.8 Å². The Kier molecular flexibility index (Phi) is 1.67. The predicted octanol–water partition coefficient (Wildman–Crippen LogP) is 0.693. The summed E-state index contributed by atoms with van der Waals surface area (Å²) >= 11 is 0. The second kappa shape index (κ2) is 2.57.